The molecular formula is C28H33ClN4O7. The van der Waals surface area contributed by atoms with Crippen molar-refractivity contribution in [3.8, 4) is 0 Å². The number of anilines is 1. The third kappa shape index (κ3) is 7.57. The Bertz CT molecular complexity index is 1230. The van der Waals surface area contributed by atoms with Gasteiger partial charge in [0.25, 0.3) is 5.91 Å². The first-order valence-corrected chi connectivity index (χ1v) is 13.5. The fourth-order valence-corrected chi connectivity index (χ4v) is 4.88. The number of rotatable bonds is 9. The summed E-state index contributed by atoms with van der Waals surface area (Å²) in [5, 5.41) is 8.41. The molecule has 3 N–H and O–H groups in total. The van der Waals surface area contributed by atoms with Crippen LogP contribution in [0.4, 0.5) is 5.69 Å². The SMILES string of the molecule is CC(=O)Nc1ccc(C(=O)N[C@@H](C)C(=O)N2CCC[C@H]2C(=O)NC2CCOOC2OCc2ccccc2)cc1Cl. The van der Waals surface area contributed by atoms with Crippen molar-refractivity contribution in [3.63, 3.8) is 0 Å². The van der Waals surface area contributed by atoms with Gasteiger partial charge in [0.05, 0.1) is 30.0 Å². The Morgan fingerprint density at radius 1 is 1.12 bits per heavy atom. The van der Waals surface area contributed by atoms with Gasteiger partial charge in [-0.15, -0.1) is 0 Å². The van der Waals surface area contributed by atoms with E-state index in [0.29, 0.717) is 38.1 Å². The molecule has 2 saturated heterocycles. The molecule has 0 aliphatic carbocycles. The minimum atomic E-state index is -0.886. The quantitative estimate of drug-likeness (QED) is 0.393. The smallest absolute Gasteiger partial charge is 0.251 e. The van der Waals surface area contributed by atoms with Crippen molar-refractivity contribution in [3.05, 3.63) is 64.7 Å². The average molecular weight is 573 g/mol. The fourth-order valence-electron chi connectivity index (χ4n) is 4.65. The van der Waals surface area contributed by atoms with Gasteiger partial charge in [0.15, 0.2) is 0 Å². The summed E-state index contributed by atoms with van der Waals surface area (Å²) in [5.41, 5.74) is 1.57. The van der Waals surface area contributed by atoms with Gasteiger partial charge in [0.2, 0.25) is 24.0 Å². The Labute approximate surface area is 237 Å². The molecule has 214 valence electrons. The normalized spacial score (nSPS) is 21.4. The monoisotopic (exact) mass is 572 g/mol. The molecule has 2 heterocycles. The number of halogens is 1. The first-order valence-electron chi connectivity index (χ1n) is 13.2. The molecule has 4 amide bonds. The molecule has 4 atom stereocenters. The summed E-state index contributed by atoms with van der Waals surface area (Å²) in [4.78, 5) is 62.5. The molecule has 0 radical (unpaired) electrons. The van der Waals surface area contributed by atoms with E-state index in [2.05, 4.69) is 16.0 Å². The molecule has 4 rings (SSSR count). The molecule has 11 nitrogen and oxygen atoms in total. The number of ether oxygens (including phenoxy) is 1. The summed E-state index contributed by atoms with van der Waals surface area (Å²) >= 11 is 6.18. The maximum absolute atomic E-state index is 13.3. The maximum atomic E-state index is 13.3. The molecule has 2 fully saturated rings. The summed E-state index contributed by atoms with van der Waals surface area (Å²) < 4.78 is 5.86. The van der Waals surface area contributed by atoms with E-state index >= 15 is 0 Å². The minimum absolute atomic E-state index is 0.196. The largest absolute Gasteiger partial charge is 0.346 e. The highest BCUT2D eigenvalue weighted by Gasteiger charge is 2.39. The molecule has 2 aromatic rings. The molecule has 12 heteroatoms. The van der Waals surface area contributed by atoms with E-state index in [1.54, 1.807) is 6.92 Å². The number of benzene rings is 2. The van der Waals surface area contributed by atoms with Gasteiger partial charge in [-0.3, -0.25) is 19.2 Å². The highest BCUT2D eigenvalue weighted by molar-refractivity contribution is 6.34. The molecule has 2 aliphatic rings. The van der Waals surface area contributed by atoms with E-state index in [-0.39, 0.29) is 34.9 Å². The van der Waals surface area contributed by atoms with Crippen LogP contribution in [0.3, 0.4) is 0 Å². The number of nitrogens with one attached hydrogen (secondary N) is 3. The average Bonchev–Trinajstić information content (AvgIpc) is 3.44. The van der Waals surface area contributed by atoms with E-state index in [0.717, 1.165) is 5.56 Å². The molecule has 0 spiro atoms. The number of carbonyl (C=O) groups excluding carboxylic acids is 4. The third-order valence-electron chi connectivity index (χ3n) is 6.69. The Balaban J connectivity index is 1.33. The second-order valence-electron chi connectivity index (χ2n) is 9.75. The molecule has 0 saturated carbocycles. The van der Waals surface area contributed by atoms with Crippen LogP contribution in [0.25, 0.3) is 0 Å². The first-order chi connectivity index (χ1) is 19.2. The summed E-state index contributed by atoms with van der Waals surface area (Å²) in [6, 6.07) is 12.0. The maximum Gasteiger partial charge on any atom is 0.251 e. The van der Waals surface area contributed by atoms with Crippen molar-refractivity contribution >= 4 is 40.9 Å². The first kappa shape index (κ1) is 29.5. The van der Waals surface area contributed by atoms with E-state index < -0.39 is 30.3 Å². The lowest BCUT2D eigenvalue weighted by atomic mass is 10.1. The van der Waals surface area contributed by atoms with Crippen LogP contribution in [0.5, 0.6) is 0 Å². The van der Waals surface area contributed by atoms with Gasteiger partial charge in [0.1, 0.15) is 12.1 Å². The van der Waals surface area contributed by atoms with Crippen LogP contribution >= 0.6 is 11.6 Å². The number of hydrogen-bond acceptors (Lipinski definition) is 7. The predicted molar refractivity (Wildman–Crippen MR) is 146 cm³/mol. The molecule has 40 heavy (non-hydrogen) atoms. The summed E-state index contributed by atoms with van der Waals surface area (Å²) in [7, 11) is 0. The predicted octanol–water partition coefficient (Wildman–Crippen LogP) is 2.79. The van der Waals surface area contributed by atoms with Crippen molar-refractivity contribution in [1.29, 1.82) is 0 Å². The highest BCUT2D eigenvalue weighted by atomic mass is 35.5. The molecule has 0 bridgehead atoms. The number of carbonyl (C=O) groups is 4. The summed E-state index contributed by atoms with van der Waals surface area (Å²) in [5.74, 6) is -1.47. The van der Waals surface area contributed by atoms with Crippen molar-refractivity contribution in [1.82, 2.24) is 15.5 Å². The topological polar surface area (TPSA) is 135 Å². The van der Waals surface area contributed by atoms with E-state index in [4.69, 9.17) is 26.1 Å². The zero-order valence-electron chi connectivity index (χ0n) is 22.4. The standard InChI is InChI=1S/C28H33ClN4O7/c1-17(30-25(35)20-10-11-22(21(29)15-20)31-18(2)34)27(37)33-13-6-9-24(33)26(36)32-23-12-14-39-40-28(23)38-16-19-7-4-3-5-8-19/h3-5,7-8,10-11,15,17,23-24,28H,6,9,12-14,16H2,1-2H3,(H,30,35)(H,31,34)(H,32,36)/t17-,23?,24-,28?/m0/s1. The third-order valence-corrected chi connectivity index (χ3v) is 7.00. The van der Waals surface area contributed by atoms with Gasteiger partial charge in [0, 0.05) is 19.0 Å². The highest BCUT2D eigenvalue weighted by Crippen LogP contribution is 2.24. The summed E-state index contributed by atoms with van der Waals surface area (Å²) in [6.07, 6.45) is 0.841. The van der Waals surface area contributed by atoms with Gasteiger partial charge in [-0.05, 0) is 49.9 Å². The number of hydrogen-bond donors (Lipinski definition) is 3. The fraction of sp³-hybridized carbons (Fsp3) is 0.429. The Kier molecular flexibility index (Phi) is 10.1. The molecular weight excluding hydrogens is 540 g/mol. The Morgan fingerprint density at radius 2 is 1.90 bits per heavy atom. The van der Waals surface area contributed by atoms with Gasteiger partial charge < -0.3 is 25.6 Å². The van der Waals surface area contributed by atoms with Crippen LogP contribution in [0.15, 0.2) is 48.5 Å². The Morgan fingerprint density at radius 3 is 2.62 bits per heavy atom. The zero-order valence-corrected chi connectivity index (χ0v) is 23.1. The lowest BCUT2D eigenvalue weighted by Gasteiger charge is -2.33. The Hall–Kier alpha value is -3.51. The van der Waals surface area contributed by atoms with Crippen molar-refractivity contribution in [2.45, 2.75) is 64.1 Å². The van der Waals surface area contributed by atoms with Gasteiger partial charge >= 0.3 is 0 Å². The van der Waals surface area contributed by atoms with Crippen molar-refractivity contribution in [2.75, 3.05) is 18.5 Å². The lowest BCUT2D eigenvalue weighted by Crippen LogP contribution is -2.56. The number of nitrogens with zero attached hydrogens (tertiary/aromatic N) is 1. The van der Waals surface area contributed by atoms with Crippen LogP contribution in [-0.2, 0) is 35.5 Å². The second-order valence-corrected chi connectivity index (χ2v) is 10.2. The zero-order chi connectivity index (χ0) is 28.6. The van der Waals surface area contributed by atoms with Crippen LogP contribution in [0.2, 0.25) is 5.02 Å². The van der Waals surface area contributed by atoms with Crippen LogP contribution in [0, 0.1) is 0 Å². The number of amides is 4. The second kappa shape index (κ2) is 13.7. The van der Waals surface area contributed by atoms with Crippen molar-refractivity contribution in [2.24, 2.45) is 0 Å². The van der Waals surface area contributed by atoms with E-state index in [1.165, 1.54) is 30.0 Å². The molecule has 2 unspecified atom stereocenters. The van der Waals surface area contributed by atoms with E-state index in [9.17, 15) is 19.2 Å². The van der Waals surface area contributed by atoms with Crippen LogP contribution in [-0.4, -0.2) is 66.1 Å². The van der Waals surface area contributed by atoms with Gasteiger partial charge in [-0.1, -0.05) is 41.9 Å². The lowest BCUT2D eigenvalue weighted by molar-refractivity contribution is -0.406. The molecule has 2 aliphatic heterocycles. The van der Waals surface area contributed by atoms with Crippen molar-refractivity contribution < 1.29 is 33.7 Å². The van der Waals surface area contributed by atoms with Crippen LogP contribution < -0.4 is 16.0 Å². The minimum Gasteiger partial charge on any atom is -0.346 e. The molecule has 2 aromatic carbocycles. The van der Waals surface area contributed by atoms with Crippen LogP contribution in [0.1, 0.15) is 49.0 Å². The number of likely N-dealkylation sites (tertiary alicyclic amines) is 1. The van der Waals surface area contributed by atoms with Gasteiger partial charge in [-0.25, -0.2) is 9.78 Å². The van der Waals surface area contributed by atoms with E-state index in [1.807, 2.05) is 30.3 Å². The van der Waals surface area contributed by atoms with Gasteiger partial charge in [-0.2, -0.15) is 0 Å². The summed E-state index contributed by atoms with van der Waals surface area (Å²) in [6.45, 7) is 3.90. The molecule has 0 aromatic heterocycles.